The average molecular weight is 563 g/mol. The lowest BCUT2D eigenvalue weighted by Gasteiger charge is -2.23. The second-order valence-electron chi connectivity index (χ2n) is 8.60. The Balaban J connectivity index is 1.69. The zero-order chi connectivity index (χ0) is 25.6. The first-order chi connectivity index (χ1) is 17.3. The first kappa shape index (κ1) is 24.2. The molecule has 0 saturated carbocycles. The van der Waals surface area contributed by atoms with Crippen LogP contribution in [0.25, 0.3) is 16.0 Å². The minimum Gasteiger partial charge on any atom is -0.507 e. The molecule has 1 aromatic heterocycles. The van der Waals surface area contributed by atoms with Crippen molar-refractivity contribution in [2.75, 3.05) is 11.5 Å². The maximum atomic E-state index is 13.4. The molecule has 0 bridgehead atoms. The van der Waals surface area contributed by atoms with E-state index in [1.54, 1.807) is 24.3 Å². The number of aliphatic hydroxyl groups excluding tert-OH is 1. The third-order valence-corrected chi connectivity index (χ3v) is 7.62. The van der Waals surface area contributed by atoms with E-state index in [0.29, 0.717) is 28.6 Å². The Kier molecular flexibility index (Phi) is 6.40. The van der Waals surface area contributed by atoms with Gasteiger partial charge in [0.2, 0.25) is 0 Å². The number of fused-ring (bicyclic) bond motifs is 1. The van der Waals surface area contributed by atoms with Gasteiger partial charge >= 0.3 is 5.91 Å². The van der Waals surface area contributed by atoms with Crippen LogP contribution < -0.4 is 9.64 Å². The zero-order valence-corrected chi connectivity index (χ0v) is 22.3. The summed E-state index contributed by atoms with van der Waals surface area (Å²) in [5, 5.41) is 11.7. The van der Waals surface area contributed by atoms with Crippen molar-refractivity contribution in [3.05, 3.63) is 93.0 Å². The highest BCUT2D eigenvalue weighted by molar-refractivity contribution is 9.10. The molecule has 1 aliphatic heterocycles. The van der Waals surface area contributed by atoms with E-state index in [4.69, 9.17) is 9.72 Å². The zero-order valence-electron chi connectivity index (χ0n) is 19.9. The normalized spacial score (nSPS) is 17.2. The fraction of sp³-hybridized carbons (Fsp3) is 0.179. The molecular weight excluding hydrogens is 540 g/mol. The second-order valence-corrected chi connectivity index (χ2v) is 10.5. The summed E-state index contributed by atoms with van der Waals surface area (Å²) in [4.78, 5) is 33.0. The number of anilines is 1. The van der Waals surface area contributed by atoms with E-state index in [-0.39, 0.29) is 11.3 Å². The molecule has 0 unspecified atom stereocenters. The van der Waals surface area contributed by atoms with Crippen molar-refractivity contribution >= 4 is 60.1 Å². The summed E-state index contributed by atoms with van der Waals surface area (Å²) in [6, 6.07) is 17.4. The standard InChI is InChI=1S/C28H23BrN2O4S/c1-4-35-20-11-7-18(8-12-20)25(32)22-24(17-5-9-19(29)10-6-17)31(27(34)26(22)33)28-30-23-16(3)13-15(2)14-21(23)36-28/h5-14,24,32H,4H2,1-3H3/t24-/m1/s1. The molecule has 1 amide bonds. The summed E-state index contributed by atoms with van der Waals surface area (Å²) < 4.78 is 7.29. The molecular formula is C28H23BrN2O4S. The molecule has 1 N–H and O–H groups in total. The Morgan fingerprint density at radius 2 is 1.78 bits per heavy atom. The number of ether oxygens (including phenoxy) is 1. The number of nitrogens with zero attached hydrogens (tertiary/aromatic N) is 2. The predicted octanol–water partition coefficient (Wildman–Crippen LogP) is 6.70. The van der Waals surface area contributed by atoms with Gasteiger partial charge in [-0.15, -0.1) is 0 Å². The van der Waals surface area contributed by atoms with Crippen LogP contribution in [-0.2, 0) is 9.59 Å². The van der Waals surface area contributed by atoms with Crippen LogP contribution in [0.5, 0.6) is 5.75 Å². The van der Waals surface area contributed by atoms with Gasteiger partial charge in [0.1, 0.15) is 11.5 Å². The summed E-state index contributed by atoms with van der Waals surface area (Å²) in [5.41, 5.74) is 4.03. The number of carbonyl (C=O) groups is 2. The van der Waals surface area contributed by atoms with Gasteiger partial charge in [0.25, 0.3) is 5.78 Å². The number of aliphatic hydroxyl groups is 1. The molecule has 0 spiro atoms. The van der Waals surface area contributed by atoms with E-state index < -0.39 is 17.7 Å². The number of carbonyl (C=O) groups excluding carboxylic acids is 2. The summed E-state index contributed by atoms with van der Waals surface area (Å²) in [5.74, 6) is -1.05. The van der Waals surface area contributed by atoms with Crippen molar-refractivity contribution in [2.45, 2.75) is 26.8 Å². The molecule has 0 radical (unpaired) electrons. The van der Waals surface area contributed by atoms with Crippen molar-refractivity contribution in [1.29, 1.82) is 0 Å². The van der Waals surface area contributed by atoms with Crippen LogP contribution in [0.3, 0.4) is 0 Å². The Morgan fingerprint density at radius 1 is 1.08 bits per heavy atom. The van der Waals surface area contributed by atoms with Crippen LogP contribution in [-0.4, -0.2) is 28.4 Å². The molecule has 182 valence electrons. The summed E-state index contributed by atoms with van der Waals surface area (Å²) >= 11 is 4.80. The molecule has 4 aromatic rings. The van der Waals surface area contributed by atoms with Crippen LogP contribution in [0.15, 0.2) is 70.7 Å². The molecule has 8 heteroatoms. The summed E-state index contributed by atoms with van der Waals surface area (Å²) in [6.07, 6.45) is 0. The minimum atomic E-state index is -0.827. The number of ketones is 1. The number of amides is 1. The lowest BCUT2D eigenvalue weighted by atomic mass is 9.95. The SMILES string of the molecule is CCOc1ccc(C(O)=C2C(=O)C(=O)N(c3nc4c(C)cc(C)cc4s3)[C@@H]2c2ccc(Br)cc2)cc1. The monoisotopic (exact) mass is 562 g/mol. The molecule has 0 aliphatic carbocycles. The van der Waals surface area contributed by atoms with Crippen molar-refractivity contribution in [2.24, 2.45) is 0 Å². The number of halogens is 1. The third-order valence-electron chi connectivity index (χ3n) is 6.09. The largest absolute Gasteiger partial charge is 0.507 e. The van der Waals surface area contributed by atoms with E-state index in [2.05, 4.69) is 15.9 Å². The molecule has 1 aliphatic rings. The quantitative estimate of drug-likeness (QED) is 0.166. The number of aromatic nitrogens is 1. The fourth-order valence-corrected chi connectivity index (χ4v) is 5.92. The Morgan fingerprint density at radius 3 is 2.44 bits per heavy atom. The average Bonchev–Trinajstić information content (AvgIpc) is 3.38. The molecule has 36 heavy (non-hydrogen) atoms. The van der Waals surface area contributed by atoms with E-state index in [1.165, 1.54) is 16.2 Å². The lowest BCUT2D eigenvalue weighted by Crippen LogP contribution is -2.29. The van der Waals surface area contributed by atoms with Crippen LogP contribution in [0.4, 0.5) is 5.13 Å². The summed E-state index contributed by atoms with van der Waals surface area (Å²) in [6.45, 7) is 6.39. The predicted molar refractivity (Wildman–Crippen MR) is 146 cm³/mol. The van der Waals surface area contributed by atoms with Crippen molar-refractivity contribution in [1.82, 2.24) is 4.98 Å². The maximum absolute atomic E-state index is 13.4. The molecule has 6 nitrogen and oxygen atoms in total. The number of Topliss-reactive ketones (excluding diaryl/α,β-unsaturated/α-hetero) is 1. The van der Waals surface area contributed by atoms with Gasteiger partial charge in [-0.1, -0.05) is 45.5 Å². The molecule has 1 atom stereocenters. The van der Waals surface area contributed by atoms with Gasteiger partial charge in [-0.2, -0.15) is 0 Å². The Labute approximate surface area is 221 Å². The maximum Gasteiger partial charge on any atom is 0.301 e. The van der Waals surface area contributed by atoms with E-state index in [1.807, 2.05) is 57.2 Å². The van der Waals surface area contributed by atoms with E-state index >= 15 is 0 Å². The van der Waals surface area contributed by atoms with Crippen LogP contribution in [0.2, 0.25) is 0 Å². The number of hydrogen-bond donors (Lipinski definition) is 1. The van der Waals surface area contributed by atoms with Crippen LogP contribution >= 0.6 is 27.3 Å². The Hall–Kier alpha value is -3.49. The van der Waals surface area contributed by atoms with Crippen LogP contribution in [0, 0.1) is 13.8 Å². The smallest absolute Gasteiger partial charge is 0.301 e. The number of benzene rings is 3. The van der Waals surface area contributed by atoms with Crippen LogP contribution in [0.1, 0.15) is 35.2 Å². The first-order valence-corrected chi connectivity index (χ1v) is 13.1. The van der Waals surface area contributed by atoms with E-state index in [0.717, 1.165) is 25.8 Å². The highest BCUT2D eigenvalue weighted by atomic mass is 79.9. The molecule has 1 saturated heterocycles. The van der Waals surface area contributed by atoms with Gasteiger partial charge in [-0.05, 0) is 79.9 Å². The number of rotatable bonds is 5. The fourth-order valence-electron chi connectivity index (χ4n) is 4.48. The topological polar surface area (TPSA) is 79.7 Å². The van der Waals surface area contributed by atoms with Crippen molar-refractivity contribution < 1.29 is 19.4 Å². The molecule has 1 fully saturated rings. The number of aryl methyl sites for hydroxylation is 2. The summed E-state index contributed by atoms with van der Waals surface area (Å²) in [7, 11) is 0. The molecule has 3 aromatic carbocycles. The van der Waals surface area contributed by atoms with Gasteiger partial charge in [-0.25, -0.2) is 4.98 Å². The van der Waals surface area contributed by atoms with Gasteiger partial charge in [-0.3, -0.25) is 14.5 Å². The number of thiazole rings is 1. The molecule has 5 rings (SSSR count). The lowest BCUT2D eigenvalue weighted by molar-refractivity contribution is -0.132. The van der Waals surface area contributed by atoms with Gasteiger partial charge in [0.15, 0.2) is 5.13 Å². The Bertz CT molecular complexity index is 1520. The van der Waals surface area contributed by atoms with Crippen molar-refractivity contribution in [3.63, 3.8) is 0 Å². The third kappa shape index (κ3) is 4.20. The number of hydrogen-bond acceptors (Lipinski definition) is 6. The van der Waals surface area contributed by atoms with Crippen molar-refractivity contribution in [3.8, 4) is 5.75 Å². The van der Waals surface area contributed by atoms with E-state index in [9.17, 15) is 14.7 Å². The van der Waals surface area contributed by atoms with Gasteiger partial charge in [0, 0.05) is 10.0 Å². The highest BCUT2D eigenvalue weighted by Crippen LogP contribution is 2.45. The minimum absolute atomic E-state index is 0.0265. The molecule has 2 heterocycles. The highest BCUT2D eigenvalue weighted by Gasteiger charge is 2.48. The second kappa shape index (κ2) is 9.52. The van der Waals surface area contributed by atoms with Gasteiger partial charge in [0.05, 0.1) is 28.4 Å². The first-order valence-electron chi connectivity index (χ1n) is 11.5. The van der Waals surface area contributed by atoms with Gasteiger partial charge < -0.3 is 9.84 Å².